The second-order valence-electron chi connectivity index (χ2n) is 11.2. The van der Waals surface area contributed by atoms with Gasteiger partial charge in [0.2, 0.25) is 0 Å². The molecular formula is C28H44O4. The van der Waals surface area contributed by atoms with Crippen molar-refractivity contribution in [1.82, 2.24) is 0 Å². The molecule has 3 rings (SSSR count). The molecule has 3 fully saturated rings. The molecule has 4 heteroatoms. The highest BCUT2D eigenvalue weighted by atomic mass is 16.5. The lowest BCUT2D eigenvalue weighted by molar-refractivity contribution is 0.0425. The monoisotopic (exact) mass is 444 g/mol. The Hall–Kier alpha value is -1.20. The molecule has 0 aliphatic heterocycles. The van der Waals surface area contributed by atoms with Gasteiger partial charge >= 0.3 is 0 Å². The highest BCUT2D eigenvalue weighted by Crippen LogP contribution is 2.59. The molecule has 0 aromatic rings. The van der Waals surface area contributed by atoms with Gasteiger partial charge in [0, 0.05) is 13.0 Å². The molecule has 32 heavy (non-hydrogen) atoms. The van der Waals surface area contributed by atoms with Crippen LogP contribution >= 0.6 is 0 Å². The predicted molar refractivity (Wildman–Crippen MR) is 130 cm³/mol. The Morgan fingerprint density at radius 2 is 2.00 bits per heavy atom. The molecule has 0 heterocycles. The third-order valence-electron chi connectivity index (χ3n) is 8.11. The van der Waals surface area contributed by atoms with Crippen molar-refractivity contribution in [1.29, 1.82) is 0 Å². The van der Waals surface area contributed by atoms with E-state index in [0.29, 0.717) is 42.6 Å². The number of aliphatic hydroxyl groups is 3. The summed E-state index contributed by atoms with van der Waals surface area (Å²) in [6.07, 6.45) is 14.0. The summed E-state index contributed by atoms with van der Waals surface area (Å²) < 4.78 is 5.93. The quantitative estimate of drug-likeness (QED) is 0.377. The van der Waals surface area contributed by atoms with E-state index in [0.717, 1.165) is 24.2 Å². The summed E-state index contributed by atoms with van der Waals surface area (Å²) in [6.45, 7) is 13.7. The van der Waals surface area contributed by atoms with Gasteiger partial charge in [0.1, 0.15) is 0 Å². The smallest absolute Gasteiger partial charge is 0.0811 e. The van der Waals surface area contributed by atoms with E-state index >= 15 is 0 Å². The Balaban J connectivity index is 1.64. The molecule has 0 saturated heterocycles. The van der Waals surface area contributed by atoms with E-state index in [2.05, 4.69) is 32.6 Å². The molecular weight excluding hydrogens is 400 g/mol. The van der Waals surface area contributed by atoms with E-state index in [4.69, 9.17) is 4.74 Å². The second-order valence-corrected chi connectivity index (χ2v) is 11.2. The largest absolute Gasteiger partial charge is 0.393 e. The highest BCUT2D eigenvalue weighted by Gasteiger charge is 2.50. The number of hydrogen-bond acceptors (Lipinski definition) is 4. The van der Waals surface area contributed by atoms with E-state index in [1.807, 2.05) is 6.08 Å². The molecule has 180 valence electrons. The van der Waals surface area contributed by atoms with Crippen LogP contribution in [0.3, 0.4) is 0 Å². The van der Waals surface area contributed by atoms with E-state index in [-0.39, 0.29) is 0 Å². The summed E-state index contributed by atoms with van der Waals surface area (Å²) in [5.41, 5.74) is 2.79. The topological polar surface area (TPSA) is 69.9 Å². The van der Waals surface area contributed by atoms with Crippen molar-refractivity contribution in [2.45, 2.75) is 90.4 Å². The van der Waals surface area contributed by atoms with Gasteiger partial charge in [-0.3, -0.25) is 0 Å². The SMILES string of the molecule is C=C1/C(=C\C=C2/CCC[C@@]3(C)C2CCC3[C@@H](C)COC/C=C/C(C)(C)O)C[C@@H](O)C[C@@H]1O. The number of hydrogen-bond donors (Lipinski definition) is 3. The summed E-state index contributed by atoms with van der Waals surface area (Å²) in [7, 11) is 0. The average molecular weight is 445 g/mol. The predicted octanol–water partition coefficient (Wildman–Crippen LogP) is 5.11. The molecule has 3 saturated carbocycles. The number of rotatable bonds is 7. The van der Waals surface area contributed by atoms with Crippen molar-refractivity contribution in [2.24, 2.45) is 23.2 Å². The fourth-order valence-electron chi connectivity index (χ4n) is 6.45. The highest BCUT2D eigenvalue weighted by molar-refractivity contribution is 5.38. The van der Waals surface area contributed by atoms with Crippen LogP contribution in [-0.4, -0.2) is 46.3 Å². The summed E-state index contributed by atoms with van der Waals surface area (Å²) in [5, 5.41) is 30.0. The molecule has 6 atom stereocenters. The molecule has 0 bridgehead atoms. The first-order valence-electron chi connectivity index (χ1n) is 12.4. The Kier molecular flexibility index (Phi) is 8.25. The van der Waals surface area contributed by atoms with Gasteiger partial charge in [-0.1, -0.05) is 50.3 Å². The van der Waals surface area contributed by atoms with Gasteiger partial charge in [0.25, 0.3) is 0 Å². The van der Waals surface area contributed by atoms with Crippen LogP contribution in [0.4, 0.5) is 0 Å². The van der Waals surface area contributed by atoms with E-state index < -0.39 is 17.8 Å². The third-order valence-corrected chi connectivity index (χ3v) is 8.11. The zero-order valence-electron chi connectivity index (χ0n) is 20.5. The normalized spacial score (nSPS) is 37.4. The zero-order valence-corrected chi connectivity index (χ0v) is 20.5. The lowest BCUT2D eigenvalue weighted by Gasteiger charge is -2.44. The van der Waals surface area contributed by atoms with Crippen LogP contribution in [-0.2, 0) is 4.74 Å². The first kappa shape index (κ1) is 25.4. The maximum atomic E-state index is 10.1. The number of ether oxygens (including phenoxy) is 1. The molecule has 0 aromatic heterocycles. The van der Waals surface area contributed by atoms with Crippen LogP contribution in [0.2, 0.25) is 0 Å². The van der Waals surface area contributed by atoms with Gasteiger partial charge in [-0.05, 0) is 86.7 Å². The summed E-state index contributed by atoms with van der Waals surface area (Å²) >= 11 is 0. The van der Waals surface area contributed by atoms with E-state index in [1.54, 1.807) is 19.9 Å². The van der Waals surface area contributed by atoms with Crippen LogP contribution in [0, 0.1) is 23.2 Å². The lowest BCUT2D eigenvalue weighted by atomic mass is 9.61. The number of allylic oxidation sites excluding steroid dienone is 3. The van der Waals surface area contributed by atoms with Gasteiger partial charge in [-0.15, -0.1) is 0 Å². The molecule has 0 amide bonds. The average Bonchev–Trinajstić information content (AvgIpc) is 3.06. The summed E-state index contributed by atoms with van der Waals surface area (Å²) in [5.74, 6) is 1.75. The molecule has 4 nitrogen and oxygen atoms in total. The van der Waals surface area contributed by atoms with Crippen LogP contribution < -0.4 is 0 Å². The van der Waals surface area contributed by atoms with Gasteiger partial charge in [-0.2, -0.15) is 0 Å². The maximum Gasteiger partial charge on any atom is 0.0811 e. The van der Waals surface area contributed by atoms with Gasteiger partial charge in [0.15, 0.2) is 0 Å². The Morgan fingerprint density at radius 3 is 2.72 bits per heavy atom. The third kappa shape index (κ3) is 6.02. The van der Waals surface area contributed by atoms with Crippen molar-refractivity contribution in [3.05, 3.63) is 47.6 Å². The minimum atomic E-state index is -0.790. The van der Waals surface area contributed by atoms with Crippen molar-refractivity contribution >= 4 is 0 Å². The second kappa shape index (κ2) is 10.4. The van der Waals surface area contributed by atoms with Gasteiger partial charge in [-0.25, -0.2) is 0 Å². The van der Waals surface area contributed by atoms with Crippen molar-refractivity contribution in [3.8, 4) is 0 Å². The standard InChI is InChI=1S/C28H44O4/c1-19(18-32-15-7-13-27(3,4)31)24-11-12-25-21(8-6-14-28(24,25)5)9-10-22-16-23(29)17-26(30)20(22)2/h7,9-10,13,19,23-26,29-31H,2,6,8,11-12,14-18H2,1,3-5H3/b13-7+,21-9+,22-10-/t19-,23+,24?,25?,26-,28+/m0/s1. The maximum absolute atomic E-state index is 10.1. The van der Waals surface area contributed by atoms with Crippen molar-refractivity contribution in [2.75, 3.05) is 13.2 Å². The fraction of sp³-hybridized carbons (Fsp3) is 0.714. The van der Waals surface area contributed by atoms with Crippen LogP contribution in [0.15, 0.2) is 47.6 Å². The Morgan fingerprint density at radius 1 is 1.25 bits per heavy atom. The fourth-order valence-corrected chi connectivity index (χ4v) is 6.45. The summed E-state index contributed by atoms with van der Waals surface area (Å²) in [4.78, 5) is 0. The minimum Gasteiger partial charge on any atom is -0.393 e. The molecule has 3 aliphatic rings. The number of aliphatic hydroxyl groups excluding tert-OH is 2. The Bertz CT molecular complexity index is 756. The zero-order chi connectivity index (χ0) is 23.5. The number of fused-ring (bicyclic) bond motifs is 1. The lowest BCUT2D eigenvalue weighted by Crippen LogP contribution is -2.37. The molecule has 0 spiro atoms. The van der Waals surface area contributed by atoms with Crippen LogP contribution in [0.25, 0.3) is 0 Å². The summed E-state index contributed by atoms with van der Waals surface area (Å²) in [6, 6.07) is 0. The molecule has 3 aliphatic carbocycles. The molecule has 0 aromatic carbocycles. The van der Waals surface area contributed by atoms with Gasteiger partial charge in [0.05, 0.1) is 24.4 Å². The Labute approximate surface area is 194 Å². The molecule has 2 unspecified atom stereocenters. The first-order valence-corrected chi connectivity index (χ1v) is 12.4. The van der Waals surface area contributed by atoms with Crippen molar-refractivity contribution in [3.63, 3.8) is 0 Å². The van der Waals surface area contributed by atoms with Crippen LogP contribution in [0.1, 0.15) is 72.6 Å². The molecule has 3 N–H and O–H groups in total. The van der Waals surface area contributed by atoms with Crippen LogP contribution in [0.5, 0.6) is 0 Å². The first-order chi connectivity index (χ1) is 15.0. The van der Waals surface area contributed by atoms with E-state index in [1.165, 1.54) is 31.3 Å². The minimum absolute atomic E-state index is 0.302. The van der Waals surface area contributed by atoms with Crippen molar-refractivity contribution < 1.29 is 20.1 Å². The van der Waals surface area contributed by atoms with E-state index in [9.17, 15) is 15.3 Å². The van der Waals surface area contributed by atoms with Gasteiger partial charge < -0.3 is 20.1 Å². The molecule has 0 radical (unpaired) electrons.